The maximum absolute atomic E-state index is 7.59. The SMILES string of the molecule is CCOCCN(CCOCC)c1cc(C(=N)N)cc(C)n1. The zero-order valence-electron chi connectivity index (χ0n) is 13.2. The molecule has 0 atom stereocenters. The van der Waals surface area contributed by atoms with Crippen molar-refractivity contribution in [2.75, 3.05) is 44.4 Å². The topological polar surface area (TPSA) is 84.5 Å². The molecule has 6 nitrogen and oxygen atoms in total. The molecule has 0 aliphatic heterocycles. The molecule has 6 heteroatoms. The Labute approximate surface area is 126 Å². The molecule has 0 bridgehead atoms. The molecule has 0 radical (unpaired) electrons. The molecule has 1 rings (SSSR count). The second-order valence-corrected chi connectivity index (χ2v) is 4.65. The molecule has 1 heterocycles. The fraction of sp³-hybridized carbons (Fsp3) is 0.600. The summed E-state index contributed by atoms with van der Waals surface area (Å²) in [7, 11) is 0. The van der Waals surface area contributed by atoms with Crippen molar-refractivity contribution in [3.05, 3.63) is 23.4 Å². The second-order valence-electron chi connectivity index (χ2n) is 4.65. The monoisotopic (exact) mass is 294 g/mol. The highest BCUT2D eigenvalue weighted by Gasteiger charge is 2.11. The number of rotatable bonds is 10. The number of hydrogen-bond donors (Lipinski definition) is 2. The molecular weight excluding hydrogens is 268 g/mol. The lowest BCUT2D eigenvalue weighted by atomic mass is 10.2. The number of aromatic nitrogens is 1. The van der Waals surface area contributed by atoms with Gasteiger partial charge >= 0.3 is 0 Å². The summed E-state index contributed by atoms with van der Waals surface area (Å²) in [5.74, 6) is 0.857. The lowest BCUT2D eigenvalue weighted by Gasteiger charge is -2.24. The number of aryl methyl sites for hydroxylation is 1. The first-order chi connectivity index (χ1) is 10.1. The molecule has 21 heavy (non-hydrogen) atoms. The standard InChI is InChI=1S/C15H26N4O2/c1-4-20-8-6-19(7-9-21-5-2)14-11-13(15(16)17)10-12(3)18-14/h10-11H,4-9H2,1-3H3,(H3,16,17). The minimum absolute atomic E-state index is 0.0521. The molecule has 0 fully saturated rings. The zero-order chi connectivity index (χ0) is 15.7. The van der Waals surface area contributed by atoms with Crippen LogP contribution in [0.2, 0.25) is 0 Å². The Bertz CT molecular complexity index is 441. The van der Waals surface area contributed by atoms with Crippen LogP contribution in [0.3, 0.4) is 0 Å². The van der Waals surface area contributed by atoms with Crippen LogP contribution in [0.15, 0.2) is 12.1 Å². The maximum atomic E-state index is 7.59. The van der Waals surface area contributed by atoms with Crippen molar-refractivity contribution < 1.29 is 9.47 Å². The van der Waals surface area contributed by atoms with E-state index in [1.54, 1.807) is 0 Å². The predicted octanol–water partition coefficient (Wildman–Crippen LogP) is 1.55. The Hall–Kier alpha value is -1.66. The molecule has 0 aliphatic rings. The van der Waals surface area contributed by atoms with Crippen LogP contribution in [0.5, 0.6) is 0 Å². The summed E-state index contributed by atoms with van der Waals surface area (Å²) in [6.07, 6.45) is 0. The van der Waals surface area contributed by atoms with E-state index in [1.165, 1.54) is 0 Å². The second kappa shape index (κ2) is 9.31. The van der Waals surface area contributed by atoms with E-state index in [-0.39, 0.29) is 5.84 Å². The normalized spacial score (nSPS) is 10.6. The van der Waals surface area contributed by atoms with Crippen LogP contribution in [-0.4, -0.2) is 50.3 Å². The van der Waals surface area contributed by atoms with Crippen molar-refractivity contribution in [3.63, 3.8) is 0 Å². The van der Waals surface area contributed by atoms with Crippen LogP contribution in [0.1, 0.15) is 25.1 Å². The van der Waals surface area contributed by atoms with Gasteiger partial charge in [-0.3, -0.25) is 5.41 Å². The Balaban J connectivity index is 2.86. The molecule has 0 saturated carbocycles. The number of nitrogens with one attached hydrogen (secondary N) is 1. The first kappa shape index (κ1) is 17.4. The summed E-state index contributed by atoms with van der Waals surface area (Å²) >= 11 is 0. The molecule has 3 N–H and O–H groups in total. The summed E-state index contributed by atoms with van der Waals surface area (Å²) in [5, 5.41) is 7.59. The summed E-state index contributed by atoms with van der Waals surface area (Å²) in [5.41, 5.74) is 7.12. The van der Waals surface area contributed by atoms with E-state index in [1.807, 2.05) is 32.9 Å². The number of amidine groups is 1. The van der Waals surface area contributed by atoms with E-state index in [9.17, 15) is 0 Å². The lowest BCUT2D eigenvalue weighted by molar-refractivity contribution is 0.141. The summed E-state index contributed by atoms with van der Waals surface area (Å²) in [6.45, 7) is 9.97. The Morgan fingerprint density at radius 1 is 1.19 bits per heavy atom. The van der Waals surface area contributed by atoms with Crippen molar-refractivity contribution >= 4 is 11.7 Å². The molecule has 1 aromatic heterocycles. The molecule has 118 valence electrons. The number of ether oxygens (including phenoxy) is 2. The molecule has 0 spiro atoms. The van der Waals surface area contributed by atoms with Gasteiger partial charge in [0.25, 0.3) is 0 Å². The van der Waals surface area contributed by atoms with E-state index < -0.39 is 0 Å². The first-order valence-corrected chi connectivity index (χ1v) is 7.32. The number of pyridine rings is 1. The van der Waals surface area contributed by atoms with Gasteiger partial charge in [-0.1, -0.05) is 0 Å². The number of hydrogen-bond acceptors (Lipinski definition) is 5. The number of nitrogens with two attached hydrogens (primary N) is 1. The van der Waals surface area contributed by atoms with Gasteiger partial charge in [-0.15, -0.1) is 0 Å². The third kappa shape index (κ3) is 6.10. The van der Waals surface area contributed by atoms with Crippen LogP contribution in [0, 0.1) is 12.3 Å². The van der Waals surface area contributed by atoms with Crippen LogP contribution in [-0.2, 0) is 9.47 Å². The molecule has 0 aromatic carbocycles. The van der Waals surface area contributed by atoms with E-state index in [0.717, 1.165) is 24.6 Å². The van der Waals surface area contributed by atoms with Crippen molar-refractivity contribution in [1.29, 1.82) is 5.41 Å². The smallest absolute Gasteiger partial charge is 0.129 e. The Morgan fingerprint density at radius 2 is 1.76 bits per heavy atom. The molecule has 0 saturated heterocycles. The third-order valence-corrected chi connectivity index (χ3v) is 2.99. The highest BCUT2D eigenvalue weighted by molar-refractivity contribution is 5.95. The number of nitrogens with zero attached hydrogens (tertiary/aromatic N) is 2. The summed E-state index contributed by atoms with van der Waals surface area (Å²) in [4.78, 5) is 6.64. The largest absolute Gasteiger partial charge is 0.384 e. The van der Waals surface area contributed by atoms with Gasteiger partial charge in [0, 0.05) is 37.6 Å². The van der Waals surface area contributed by atoms with Crippen molar-refractivity contribution in [1.82, 2.24) is 4.98 Å². The van der Waals surface area contributed by atoms with Crippen LogP contribution in [0.25, 0.3) is 0 Å². The van der Waals surface area contributed by atoms with Crippen LogP contribution >= 0.6 is 0 Å². The fourth-order valence-electron chi connectivity index (χ4n) is 1.95. The number of nitrogen functional groups attached to an aromatic ring is 1. The van der Waals surface area contributed by atoms with Gasteiger partial charge in [-0.25, -0.2) is 4.98 Å². The fourth-order valence-corrected chi connectivity index (χ4v) is 1.95. The molecular formula is C15H26N4O2. The van der Waals surface area contributed by atoms with E-state index >= 15 is 0 Å². The first-order valence-electron chi connectivity index (χ1n) is 7.32. The average Bonchev–Trinajstić information content (AvgIpc) is 2.45. The van der Waals surface area contributed by atoms with Crippen molar-refractivity contribution in [2.24, 2.45) is 5.73 Å². The van der Waals surface area contributed by atoms with Crippen LogP contribution in [0.4, 0.5) is 5.82 Å². The molecule has 0 aliphatic carbocycles. The average molecular weight is 294 g/mol. The molecule has 1 aromatic rings. The predicted molar refractivity (Wildman–Crippen MR) is 85.2 cm³/mol. The van der Waals surface area contributed by atoms with Gasteiger partial charge in [0.15, 0.2) is 0 Å². The summed E-state index contributed by atoms with van der Waals surface area (Å²) in [6, 6.07) is 3.66. The van der Waals surface area contributed by atoms with E-state index in [4.69, 9.17) is 20.6 Å². The van der Waals surface area contributed by atoms with E-state index in [0.29, 0.717) is 32.0 Å². The van der Waals surface area contributed by atoms with Crippen molar-refractivity contribution in [3.8, 4) is 0 Å². The third-order valence-electron chi connectivity index (χ3n) is 2.99. The lowest BCUT2D eigenvalue weighted by Crippen LogP contribution is -2.32. The quantitative estimate of drug-likeness (QED) is 0.388. The minimum Gasteiger partial charge on any atom is -0.384 e. The highest BCUT2D eigenvalue weighted by Crippen LogP contribution is 2.15. The van der Waals surface area contributed by atoms with Crippen molar-refractivity contribution in [2.45, 2.75) is 20.8 Å². The molecule has 0 unspecified atom stereocenters. The highest BCUT2D eigenvalue weighted by atomic mass is 16.5. The van der Waals surface area contributed by atoms with Gasteiger partial charge < -0.3 is 20.1 Å². The Morgan fingerprint density at radius 3 is 2.24 bits per heavy atom. The van der Waals surface area contributed by atoms with Gasteiger partial charge in [0.2, 0.25) is 0 Å². The Kier molecular flexibility index (Phi) is 7.71. The molecule has 0 amide bonds. The summed E-state index contributed by atoms with van der Waals surface area (Å²) < 4.78 is 10.8. The van der Waals surface area contributed by atoms with Crippen LogP contribution < -0.4 is 10.6 Å². The van der Waals surface area contributed by atoms with Gasteiger partial charge in [0.05, 0.1) is 13.2 Å². The minimum atomic E-state index is 0.0521. The maximum Gasteiger partial charge on any atom is 0.129 e. The van der Waals surface area contributed by atoms with E-state index in [2.05, 4.69) is 9.88 Å². The van der Waals surface area contributed by atoms with Gasteiger partial charge in [-0.05, 0) is 32.9 Å². The van der Waals surface area contributed by atoms with Gasteiger partial charge in [-0.2, -0.15) is 0 Å². The van der Waals surface area contributed by atoms with Gasteiger partial charge in [0.1, 0.15) is 11.7 Å². The number of anilines is 1. The zero-order valence-corrected chi connectivity index (χ0v) is 13.2.